The lowest BCUT2D eigenvalue weighted by Gasteiger charge is -2.28. The molecule has 2 aliphatic heterocycles. The number of aromatic hydroxyl groups is 1. The molecule has 1 aromatic heterocycles. The molecular weight excluding hydrogens is 350 g/mol. The van der Waals surface area contributed by atoms with Crippen molar-refractivity contribution in [2.24, 2.45) is 0 Å². The minimum Gasteiger partial charge on any atom is -0.508 e. The third kappa shape index (κ3) is 3.10. The SMILES string of the molecule is O=C(C1=C(O)C(=O)N(C[C@@H]2CCCO2)[C@H]1c1cccc(O)c1)c1ccco1. The van der Waals surface area contributed by atoms with Crippen molar-refractivity contribution in [1.29, 1.82) is 0 Å². The first kappa shape index (κ1) is 17.4. The molecule has 2 aromatic rings. The van der Waals surface area contributed by atoms with E-state index < -0.39 is 23.5 Å². The number of phenolic OH excluding ortho intramolecular Hbond substituents is 1. The number of ether oxygens (including phenoxy) is 1. The van der Waals surface area contributed by atoms with Crippen LogP contribution in [-0.4, -0.2) is 46.1 Å². The lowest BCUT2D eigenvalue weighted by Crippen LogP contribution is -2.37. The first-order chi connectivity index (χ1) is 13.1. The van der Waals surface area contributed by atoms with Gasteiger partial charge in [-0.25, -0.2) is 0 Å². The van der Waals surface area contributed by atoms with E-state index in [9.17, 15) is 19.8 Å². The van der Waals surface area contributed by atoms with Crippen molar-refractivity contribution in [3.05, 3.63) is 65.3 Å². The summed E-state index contributed by atoms with van der Waals surface area (Å²) >= 11 is 0. The number of aliphatic hydroxyl groups excluding tert-OH is 1. The highest BCUT2D eigenvalue weighted by Gasteiger charge is 2.45. The fraction of sp³-hybridized carbons (Fsp3) is 0.300. The van der Waals surface area contributed by atoms with Crippen LogP contribution in [0.2, 0.25) is 0 Å². The number of amides is 1. The van der Waals surface area contributed by atoms with Gasteiger partial charge in [-0.2, -0.15) is 0 Å². The van der Waals surface area contributed by atoms with Crippen LogP contribution in [0.1, 0.15) is 35.0 Å². The van der Waals surface area contributed by atoms with Crippen molar-refractivity contribution in [3.8, 4) is 5.75 Å². The number of hydrogen-bond donors (Lipinski definition) is 2. The van der Waals surface area contributed by atoms with E-state index in [1.807, 2.05) is 0 Å². The predicted octanol–water partition coefficient (Wildman–Crippen LogP) is 2.74. The van der Waals surface area contributed by atoms with Crippen LogP contribution in [-0.2, 0) is 9.53 Å². The van der Waals surface area contributed by atoms with Crippen LogP contribution in [0.25, 0.3) is 0 Å². The molecule has 7 heteroatoms. The fourth-order valence-electron chi connectivity index (χ4n) is 3.66. The third-order valence-electron chi connectivity index (χ3n) is 4.90. The van der Waals surface area contributed by atoms with Crippen LogP contribution < -0.4 is 0 Å². The number of carbonyl (C=O) groups is 2. The lowest BCUT2D eigenvalue weighted by molar-refractivity contribution is -0.131. The molecule has 0 unspecified atom stereocenters. The molecule has 0 spiro atoms. The van der Waals surface area contributed by atoms with Crippen LogP contribution in [0.15, 0.2) is 58.4 Å². The van der Waals surface area contributed by atoms with E-state index in [4.69, 9.17) is 9.15 Å². The average molecular weight is 369 g/mol. The van der Waals surface area contributed by atoms with E-state index in [0.717, 1.165) is 12.8 Å². The maximum absolute atomic E-state index is 12.9. The molecule has 2 aliphatic rings. The number of furan rings is 1. The summed E-state index contributed by atoms with van der Waals surface area (Å²) in [7, 11) is 0. The Morgan fingerprint density at radius 2 is 2.07 bits per heavy atom. The van der Waals surface area contributed by atoms with Crippen molar-refractivity contribution >= 4 is 11.7 Å². The van der Waals surface area contributed by atoms with Gasteiger partial charge in [0.05, 0.1) is 24.0 Å². The summed E-state index contributed by atoms with van der Waals surface area (Å²) in [6, 6.07) is 8.53. The third-order valence-corrected chi connectivity index (χ3v) is 4.90. The second kappa shape index (κ2) is 6.92. The maximum atomic E-state index is 12.9. The van der Waals surface area contributed by atoms with E-state index in [1.165, 1.54) is 29.4 Å². The molecular formula is C20H19NO6. The molecule has 1 fully saturated rings. The molecule has 2 N–H and O–H groups in total. The normalized spacial score (nSPS) is 22.7. The minimum absolute atomic E-state index is 0.00760. The van der Waals surface area contributed by atoms with Gasteiger partial charge in [0, 0.05) is 13.2 Å². The van der Waals surface area contributed by atoms with Gasteiger partial charge in [0.1, 0.15) is 5.75 Å². The number of hydrogen-bond acceptors (Lipinski definition) is 6. The molecule has 0 radical (unpaired) electrons. The Morgan fingerprint density at radius 3 is 2.74 bits per heavy atom. The van der Waals surface area contributed by atoms with Crippen molar-refractivity contribution in [3.63, 3.8) is 0 Å². The number of phenols is 1. The first-order valence-corrected chi connectivity index (χ1v) is 8.79. The molecule has 0 aliphatic carbocycles. The number of ketones is 1. The number of aliphatic hydroxyl groups is 1. The van der Waals surface area contributed by atoms with Crippen molar-refractivity contribution in [2.45, 2.75) is 25.0 Å². The maximum Gasteiger partial charge on any atom is 0.290 e. The van der Waals surface area contributed by atoms with Crippen LogP contribution in [0.5, 0.6) is 5.75 Å². The molecule has 3 heterocycles. The second-order valence-electron chi connectivity index (χ2n) is 6.66. The predicted molar refractivity (Wildman–Crippen MR) is 94.2 cm³/mol. The Hall–Kier alpha value is -3.06. The zero-order valence-corrected chi connectivity index (χ0v) is 14.5. The quantitative estimate of drug-likeness (QED) is 0.786. The molecule has 27 heavy (non-hydrogen) atoms. The minimum atomic E-state index is -0.827. The van der Waals surface area contributed by atoms with Gasteiger partial charge in [0.15, 0.2) is 11.5 Å². The van der Waals surface area contributed by atoms with Gasteiger partial charge >= 0.3 is 0 Å². The van der Waals surface area contributed by atoms with Gasteiger partial charge in [0.25, 0.3) is 5.91 Å². The highest BCUT2D eigenvalue weighted by atomic mass is 16.5. The smallest absolute Gasteiger partial charge is 0.290 e. The molecule has 1 saturated heterocycles. The highest BCUT2D eigenvalue weighted by molar-refractivity contribution is 6.15. The van der Waals surface area contributed by atoms with Gasteiger partial charge in [-0.15, -0.1) is 0 Å². The molecule has 0 saturated carbocycles. The summed E-state index contributed by atoms with van der Waals surface area (Å²) < 4.78 is 10.8. The summed E-state index contributed by atoms with van der Waals surface area (Å²) in [4.78, 5) is 27.1. The highest BCUT2D eigenvalue weighted by Crippen LogP contribution is 2.40. The zero-order valence-electron chi connectivity index (χ0n) is 14.5. The van der Waals surface area contributed by atoms with Gasteiger partial charge in [-0.05, 0) is 42.7 Å². The summed E-state index contributed by atoms with van der Waals surface area (Å²) in [6.07, 6.45) is 2.91. The molecule has 140 valence electrons. The molecule has 7 nitrogen and oxygen atoms in total. The van der Waals surface area contributed by atoms with Gasteiger partial charge in [-0.1, -0.05) is 12.1 Å². The number of benzene rings is 1. The van der Waals surface area contributed by atoms with Crippen molar-refractivity contribution in [1.82, 2.24) is 4.90 Å². The summed E-state index contributed by atoms with van der Waals surface area (Å²) in [5, 5.41) is 20.4. The Kier molecular flexibility index (Phi) is 4.45. The van der Waals surface area contributed by atoms with Crippen LogP contribution in [0.4, 0.5) is 0 Å². The van der Waals surface area contributed by atoms with Gasteiger partial charge < -0.3 is 24.3 Å². The average Bonchev–Trinajstić information content (AvgIpc) is 3.40. The molecule has 2 atom stereocenters. The fourth-order valence-corrected chi connectivity index (χ4v) is 3.66. The largest absolute Gasteiger partial charge is 0.508 e. The second-order valence-corrected chi connectivity index (χ2v) is 6.66. The van der Waals surface area contributed by atoms with Crippen LogP contribution in [0.3, 0.4) is 0 Å². The van der Waals surface area contributed by atoms with Crippen LogP contribution >= 0.6 is 0 Å². The zero-order chi connectivity index (χ0) is 19.0. The number of Topliss-reactive ketones (excluding diaryl/α,β-unsaturated/α-hetero) is 1. The molecule has 4 rings (SSSR count). The van der Waals surface area contributed by atoms with Gasteiger partial charge in [0.2, 0.25) is 5.78 Å². The Labute approximate surface area is 155 Å². The first-order valence-electron chi connectivity index (χ1n) is 8.79. The molecule has 1 amide bonds. The van der Waals surface area contributed by atoms with Gasteiger partial charge in [-0.3, -0.25) is 9.59 Å². The summed E-state index contributed by atoms with van der Waals surface area (Å²) in [6.45, 7) is 0.874. The van der Waals surface area contributed by atoms with Crippen molar-refractivity contribution in [2.75, 3.05) is 13.2 Å². The van der Waals surface area contributed by atoms with Crippen molar-refractivity contribution < 1.29 is 29.0 Å². The number of nitrogens with zero attached hydrogens (tertiary/aromatic N) is 1. The topological polar surface area (TPSA) is 100 Å². The van der Waals surface area contributed by atoms with E-state index in [2.05, 4.69) is 0 Å². The molecule has 1 aromatic carbocycles. The van der Waals surface area contributed by atoms with E-state index in [0.29, 0.717) is 12.2 Å². The summed E-state index contributed by atoms with van der Waals surface area (Å²) in [5.74, 6) is -1.74. The lowest BCUT2D eigenvalue weighted by atomic mass is 9.94. The van der Waals surface area contributed by atoms with E-state index in [1.54, 1.807) is 18.2 Å². The monoisotopic (exact) mass is 369 g/mol. The van der Waals surface area contributed by atoms with E-state index >= 15 is 0 Å². The van der Waals surface area contributed by atoms with Crippen LogP contribution in [0, 0.1) is 0 Å². The molecule has 0 bridgehead atoms. The number of rotatable bonds is 5. The number of carbonyl (C=O) groups excluding carboxylic acids is 2. The Balaban J connectivity index is 1.76. The Bertz CT molecular complexity index is 895. The summed E-state index contributed by atoms with van der Waals surface area (Å²) in [5.41, 5.74) is 0.471. The van der Waals surface area contributed by atoms with E-state index in [-0.39, 0.29) is 29.7 Å². The Morgan fingerprint density at radius 1 is 1.22 bits per heavy atom. The standard InChI is InChI=1S/C20H19NO6/c22-13-5-1-4-12(10-13)17-16(18(23)15-7-3-9-27-15)19(24)20(25)21(17)11-14-6-2-8-26-14/h1,3-5,7,9-10,14,17,22,24H,2,6,8,11H2/t14-,17-/m0/s1.